The lowest BCUT2D eigenvalue weighted by molar-refractivity contribution is -0.113. The molecule has 0 saturated heterocycles. The lowest BCUT2D eigenvalue weighted by Gasteiger charge is -2.13. The Morgan fingerprint density at radius 2 is 2.00 bits per heavy atom. The topological polar surface area (TPSA) is 70.7 Å². The van der Waals surface area contributed by atoms with E-state index in [9.17, 15) is 4.79 Å². The van der Waals surface area contributed by atoms with Crippen LogP contribution >= 0.6 is 23.5 Å². The number of nitrogens with one attached hydrogen (secondary N) is 1. The number of nitriles is 1. The highest BCUT2D eigenvalue weighted by atomic mass is 32.2. The molecular formula is C20H20N4OS2. The summed E-state index contributed by atoms with van der Waals surface area (Å²) in [7, 11) is 1.96. The number of hydrogen-bond acceptors (Lipinski definition) is 5. The van der Waals surface area contributed by atoms with Crippen LogP contribution in [0, 0.1) is 11.3 Å². The SMILES string of the molecule is CC(CC#N)Sc1ccccc1NC(=O)CSc1nc2ccccc2n1C. The molecular weight excluding hydrogens is 376 g/mol. The van der Waals surface area contributed by atoms with Crippen molar-refractivity contribution < 1.29 is 4.79 Å². The van der Waals surface area contributed by atoms with Gasteiger partial charge in [-0.2, -0.15) is 5.26 Å². The maximum atomic E-state index is 12.4. The zero-order chi connectivity index (χ0) is 19.2. The minimum absolute atomic E-state index is 0.0759. The predicted molar refractivity (Wildman–Crippen MR) is 112 cm³/mol. The molecule has 3 rings (SSSR count). The zero-order valence-corrected chi connectivity index (χ0v) is 16.8. The first-order chi connectivity index (χ1) is 13.1. The maximum absolute atomic E-state index is 12.4. The Bertz CT molecular complexity index is 993. The molecule has 1 unspecified atom stereocenters. The van der Waals surface area contributed by atoms with E-state index in [1.807, 2.05) is 67.1 Å². The normalized spacial score (nSPS) is 11.9. The number of para-hydroxylation sites is 3. The van der Waals surface area contributed by atoms with Gasteiger partial charge in [-0.05, 0) is 24.3 Å². The standard InChI is InChI=1S/C20H20N4OS2/c1-14(11-12-21)27-18-10-6-4-8-16(18)22-19(25)13-26-20-23-15-7-3-5-9-17(15)24(20)2/h3-10,14H,11,13H2,1-2H3,(H,22,25). The number of amides is 1. The van der Waals surface area contributed by atoms with E-state index in [2.05, 4.69) is 16.4 Å². The summed E-state index contributed by atoms with van der Waals surface area (Å²) in [6.45, 7) is 2.01. The minimum Gasteiger partial charge on any atom is -0.324 e. The van der Waals surface area contributed by atoms with Gasteiger partial charge in [-0.15, -0.1) is 11.8 Å². The fourth-order valence-corrected chi connectivity index (χ4v) is 4.41. The molecule has 1 N–H and O–H groups in total. The van der Waals surface area contributed by atoms with Crippen molar-refractivity contribution in [3.63, 3.8) is 0 Å². The number of anilines is 1. The molecule has 0 radical (unpaired) electrons. The van der Waals surface area contributed by atoms with E-state index in [1.165, 1.54) is 11.8 Å². The summed E-state index contributed by atoms with van der Waals surface area (Å²) in [4.78, 5) is 18.0. The number of nitrogens with zero attached hydrogens (tertiary/aromatic N) is 3. The van der Waals surface area contributed by atoms with E-state index in [-0.39, 0.29) is 16.9 Å². The summed E-state index contributed by atoms with van der Waals surface area (Å²) in [6.07, 6.45) is 0.468. The molecule has 27 heavy (non-hydrogen) atoms. The van der Waals surface area contributed by atoms with E-state index in [0.29, 0.717) is 6.42 Å². The molecule has 5 nitrogen and oxygen atoms in total. The van der Waals surface area contributed by atoms with Crippen molar-refractivity contribution in [2.45, 2.75) is 28.6 Å². The van der Waals surface area contributed by atoms with Gasteiger partial charge in [-0.25, -0.2) is 4.98 Å². The molecule has 1 heterocycles. The molecule has 3 aromatic rings. The van der Waals surface area contributed by atoms with E-state index in [0.717, 1.165) is 26.8 Å². The number of carbonyl (C=O) groups is 1. The summed E-state index contributed by atoms with van der Waals surface area (Å²) in [5.74, 6) is 0.206. The van der Waals surface area contributed by atoms with Crippen molar-refractivity contribution in [3.05, 3.63) is 48.5 Å². The van der Waals surface area contributed by atoms with Crippen LogP contribution in [0.4, 0.5) is 5.69 Å². The van der Waals surface area contributed by atoms with Crippen LogP contribution in [0.5, 0.6) is 0 Å². The molecule has 1 amide bonds. The minimum atomic E-state index is -0.0759. The second-order valence-corrected chi connectivity index (χ2v) is 8.49. The highest BCUT2D eigenvalue weighted by molar-refractivity contribution is 8.00. The van der Waals surface area contributed by atoms with Crippen LogP contribution in [0.3, 0.4) is 0 Å². The van der Waals surface area contributed by atoms with E-state index >= 15 is 0 Å². The summed E-state index contributed by atoms with van der Waals surface area (Å²) in [5.41, 5.74) is 2.76. The fraction of sp³-hybridized carbons (Fsp3) is 0.250. The number of fused-ring (bicyclic) bond motifs is 1. The van der Waals surface area contributed by atoms with E-state index in [1.54, 1.807) is 11.8 Å². The van der Waals surface area contributed by atoms with Gasteiger partial charge in [0, 0.05) is 23.6 Å². The first kappa shape index (κ1) is 19.3. The van der Waals surface area contributed by atoms with Gasteiger partial charge in [-0.3, -0.25) is 4.79 Å². The smallest absolute Gasteiger partial charge is 0.234 e. The monoisotopic (exact) mass is 396 g/mol. The van der Waals surface area contributed by atoms with Crippen LogP contribution in [0.25, 0.3) is 11.0 Å². The third-order valence-electron chi connectivity index (χ3n) is 3.95. The summed E-state index contributed by atoms with van der Waals surface area (Å²) in [6, 6.07) is 17.8. The Morgan fingerprint density at radius 3 is 2.78 bits per heavy atom. The maximum Gasteiger partial charge on any atom is 0.234 e. The molecule has 1 atom stereocenters. The average Bonchev–Trinajstić information content (AvgIpc) is 2.98. The number of hydrogen-bond donors (Lipinski definition) is 1. The predicted octanol–water partition coefficient (Wildman–Crippen LogP) is 4.70. The highest BCUT2D eigenvalue weighted by Gasteiger charge is 2.13. The van der Waals surface area contributed by atoms with Crippen LogP contribution in [0.15, 0.2) is 58.6 Å². The summed E-state index contributed by atoms with van der Waals surface area (Å²) < 4.78 is 2.00. The molecule has 0 aliphatic carbocycles. The van der Waals surface area contributed by atoms with Crippen molar-refractivity contribution in [2.75, 3.05) is 11.1 Å². The van der Waals surface area contributed by atoms with Crippen molar-refractivity contribution in [1.29, 1.82) is 5.26 Å². The van der Waals surface area contributed by atoms with Crippen LogP contribution in [0.1, 0.15) is 13.3 Å². The molecule has 1 aromatic heterocycles. The summed E-state index contributed by atoms with van der Waals surface area (Å²) in [5, 5.41) is 12.8. The van der Waals surface area contributed by atoms with Crippen LogP contribution in [0.2, 0.25) is 0 Å². The molecule has 0 spiro atoms. The molecule has 0 aliphatic heterocycles. The quantitative estimate of drug-likeness (QED) is 0.586. The Morgan fingerprint density at radius 1 is 1.26 bits per heavy atom. The van der Waals surface area contributed by atoms with Crippen LogP contribution < -0.4 is 5.32 Å². The van der Waals surface area contributed by atoms with Gasteiger partial charge in [-0.1, -0.05) is 43.0 Å². The first-order valence-corrected chi connectivity index (χ1v) is 10.4. The number of rotatable bonds is 7. The third kappa shape index (κ3) is 4.85. The number of aromatic nitrogens is 2. The highest BCUT2D eigenvalue weighted by Crippen LogP contribution is 2.31. The Labute approximate surface area is 167 Å². The fourth-order valence-electron chi connectivity index (χ4n) is 2.63. The number of aryl methyl sites for hydroxylation is 1. The lowest BCUT2D eigenvalue weighted by atomic mass is 10.3. The summed E-state index contributed by atoms with van der Waals surface area (Å²) >= 11 is 3.01. The van der Waals surface area contributed by atoms with Crippen LogP contribution in [-0.2, 0) is 11.8 Å². The van der Waals surface area contributed by atoms with Gasteiger partial charge in [0.1, 0.15) is 0 Å². The molecule has 138 valence electrons. The van der Waals surface area contributed by atoms with Gasteiger partial charge in [0.2, 0.25) is 5.91 Å². The second-order valence-electron chi connectivity index (χ2n) is 6.07. The first-order valence-electron chi connectivity index (χ1n) is 8.55. The number of imidazole rings is 1. The largest absolute Gasteiger partial charge is 0.324 e. The molecule has 2 aromatic carbocycles. The Kier molecular flexibility index (Phi) is 6.43. The van der Waals surface area contributed by atoms with Gasteiger partial charge in [0.15, 0.2) is 5.16 Å². The molecule has 7 heteroatoms. The van der Waals surface area contributed by atoms with Crippen molar-refractivity contribution in [3.8, 4) is 6.07 Å². The van der Waals surface area contributed by atoms with Gasteiger partial charge in [0.25, 0.3) is 0 Å². The van der Waals surface area contributed by atoms with Crippen molar-refractivity contribution in [1.82, 2.24) is 9.55 Å². The molecule has 0 fully saturated rings. The third-order valence-corrected chi connectivity index (χ3v) is 6.16. The number of thioether (sulfide) groups is 2. The van der Waals surface area contributed by atoms with Crippen molar-refractivity contribution in [2.24, 2.45) is 7.05 Å². The zero-order valence-electron chi connectivity index (χ0n) is 15.2. The number of carbonyl (C=O) groups excluding carboxylic acids is 1. The van der Waals surface area contributed by atoms with Gasteiger partial charge < -0.3 is 9.88 Å². The molecule has 0 saturated carbocycles. The average molecular weight is 397 g/mol. The Hall–Kier alpha value is -2.43. The Balaban J connectivity index is 1.64. The van der Waals surface area contributed by atoms with Gasteiger partial charge in [0.05, 0.1) is 28.5 Å². The molecule has 0 bridgehead atoms. The van der Waals surface area contributed by atoms with Crippen molar-refractivity contribution >= 4 is 46.2 Å². The number of benzene rings is 2. The van der Waals surface area contributed by atoms with Gasteiger partial charge >= 0.3 is 0 Å². The lowest BCUT2D eigenvalue weighted by Crippen LogP contribution is -2.15. The molecule has 0 aliphatic rings. The van der Waals surface area contributed by atoms with E-state index in [4.69, 9.17) is 5.26 Å². The van der Waals surface area contributed by atoms with Crippen LogP contribution in [-0.4, -0.2) is 26.5 Å². The van der Waals surface area contributed by atoms with E-state index < -0.39 is 0 Å². The second kappa shape index (κ2) is 8.98.